The van der Waals surface area contributed by atoms with Crippen LogP contribution in [0.3, 0.4) is 0 Å². The van der Waals surface area contributed by atoms with Gasteiger partial charge in [-0.25, -0.2) is 0 Å². The van der Waals surface area contributed by atoms with E-state index in [9.17, 15) is 15.0 Å². The number of phenols is 1. The fourth-order valence-corrected chi connectivity index (χ4v) is 2.29. The molecule has 21 heavy (non-hydrogen) atoms. The summed E-state index contributed by atoms with van der Waals surface area (Å²) in [6, 6.07) is 13.9. The fourth-order valence-electron chi connectivity index (χ4n) is 2.29. The van der Waals surface area contributed by atoms with Gasteiger partial charge in [-0.3, -0.25) is 4.79 Å². The topological polar surface area (TPSA) is 57.5 Å². The van der Waals surface area contributed by atoms with Gasteiger partial charge in [0.2, 0.25) is 0 Å². The molecular formula is C18H20O3. The zero-order valence-electron chi connectivity index (χ0n) is 12.1. The second kappa shape index (κ2) is 7.04. The van der Waals surface area contributed by atoms with Crippen LogP contribution in [0.4, 0.5) is 0 Å². The van der Waals surface area contributed by atoms with Crippen molar-refractivity contribution in [2.75, 3.05) is 0 Å². The third kappa shape index (κ3) is 3.50. The molecule has 1 unspecified atom stereocenters. The number of carbonyl (C=O) groups is 1. The maximum Gasteiger partial charge on any atom is 0.199 e. The fraction of sp³-hybridized carbons (Fsp3) is 0.278. The number of hydrogen-bond donors (Lipinski definition) is 2. The van der Waals surface area contributed by atoms with Gasteiger partial charge in [0.15, 0.2) is 5.78 Å². The predicted octanol–water partition coefficient (Wildman–Crippen LogP) is 3.65. The highest BCUT2D eigenvalue weighted by molar-refractivity contribution is 6.02. The molecule has 2 rings (SSSR count). The SMILES string of the molecule is CCCCc1cccc(C(=O)C(O)c2ccccc2)c1O. The minimum atomic E-state index is -1.25. The lowest BCUT2D eigenvalue weighted by Gasteiger charge is -2.13. The predicted molar refractivity (Wildman–Crippen MR) is 82.5 cm³/mol. The molecule has 0 aliphatic carbocycles. The highest BCUT2D eigenvalue weighted by Crippen LogP contribution is 2.28. The van der Waals surface area contributed by atoms with Gasteiger partial charge in [0.05, 0.1) is 5.56 Å². The molecule has 3 nitrogen and oxygen atoms in total. The number of rotatable bonds is 6. The Balaban J connectivity index is 2.27. The van der Waals surface area contributed by atoms with Crippen LogP contribution in [0.25, 0.3) is 0 Å². The molecule has 0 spiro atoms. The number of aliphatic hydroxyl groups is 1. The molecule has 3 heteroatoms. The summed E-state index contributed by atoms with van der Waals surface area (Å²) in [4.78, 5) is 12.4. The minimum absolute atomic E-state index is 0.00840. The van der Waals surface area contributed by atoms with Crippen molar-refractivity contribution in [3.05, 3.63) is 65.2 Å². The Morgan fingerprint density at radius 3 is 2.48 bits per heavy atom. The quantitative estimate of drug-likeness (QED) is 0.796. The standard InChI is InChI=1S/C18H20O3/c1-2-3-8-13-11-7-12-15(16(13)19)18(21)17(20)14-9-5-4-6-10-14/h4-7,9-12,17,19-20H,2-3,8H2,1H3. The highest BCUT2D eigenvalue weighted by Gasteiger charge is 2.22. The molecule has 2 aromatic rings. The van der Waals surface area contributed by atoms with E-state index in [1.165, 1.54) is 0 Å². The number of aliphatic hydroxyl groups excluding tert-OH is 1. The monoisotopic (exact) mass is 284 g/mol. The average molecular weight is 284 g/mol. The van der Waals surface area contributed by atoms with Crippen LogP contribution in [0.15, 0.2) is 48.5 Å². The van der Waals surface area contributed by atoms with Crippen molar-refractivity contribution >= 4 is 5.78 Å². The zero-order valence-corrected chi connectivity index (χ0v) is 12.1. The van der Waals surface area contributed by atoms with E-state index >= 15 is 0 Å². The van der Waals surface area contributed by atoms with E-state index in [1.54, 1.807) is 36.4 Å². The molecule has 0 bridgehead atoms. The van der Waals surface area contributed by atoms with Gasteiger partial charge in [-0.05, 0) is 30.0 Å². The Labute approximate surface area is 124 Å². The van der Waals surface area contributed by atoms with Gasteiger partial charge in [-0.15, -0.1) is 0 Å². The van der Waals surface area contributed by atoms with Crippen molar-refractivity contribution in [3.63, 3.8) is 0 Å². The molecular weight excluding hydrogens is 264 g/mol. The molecule has 0 aliphatic heterocycles. The Bertz CT molecular complexity index is 605. The summed E-state index contributed by atoms with van der Waals surface area (Å²) >= 11 is 0. The van der Waals surface area contributed by atoms with Gasteiger partial charge < -0.3 is 10.2 Å². The molecule has 2 N–H and O–H groups in total. The average Bonchev–Trinajstić information content (AvgIpc) is 2.53. The van der Waals surface area contributed by atoms with Crippen molar-refractivity contribution in [2.24, 2.45) is 0 Å². The van der Waals surface area contributed by atoms with E-state index in [0.717, 1.165) is 24.8 Å². The number of unbranched alkanes of at least 4 members (excludes halogenated alkanes) is 1. The normalized spacial score (nSPS) is 12.1. The van der Waals surface area contributed by atoms with E-state index < -0.39 is 11.9 Å². The Morgan fingerprint density at radius 2 is 1.81 bits per heavy atom. The maximum absolute atomic E-state index is 12.4. The van der Waals surface area contributed by atoms with Crippen molar-refractivity contribution < 1.29 is 15.0 Å². The van der Waals surface area contributed by atoms with Crippen molar-refractivity contribution in [1.82, 2.24) is 0 Å². The van der Waals surface area contributed by atoms with Crippen molar-refractivity contribution in [2.45, 2.75) is 32.3 Å². The number of aromatic hydroxyl groups is 1. The van der Waals surface area contributed by atoms with Crippen LogP contribution in [-0.4, -0.2) is 16.0 Å². The molecule has 110 valence electrons. The van der Waals surface area contributed by atoms with E-state index in [2.05, 4.69) is 6.92 Å². The number of benzene rings is 2. The molecule has 0 amide bonds. The Hall–Kier alpha value is -2.13. The summed E-state index contributed by atoms with van der Waals surface area (Å²) in [6.45, 7) is 2.07. The van der Waals surface area contributed by atoms with Crippen LogP contribution in [0, 0.1) is 0 Å². The van der Waals surface area contributed by atoms with Gasteiger partial charge in [-0.2, -0.15) is 0 Å². The van der Waals surface area contributed by atoms with Gasteiger partial charge in [0.25, 0.3) is 0 Å². The number of ketones is 1. The highest BCUT2D eigenvalue weighted by atomic mass is 16.3. The maximum atomic E-state index is 12.4. The van der Waals surface area contributed by atoms with Crippen molar-refractivity contribution in [3.8, 4) is 5.75 Å². The Kier molecular flexibility index (Phi) is 5.12. The minimum Gasteiger partial charge on any atom is -0.507 e. The molecule has 0 heterocycles. The largest absolute Gasteiger partial charge is 0.507 e. The summed E-state index contributed by atoms with van der Waals surface area (Å²) in [5.74, 6) is -0.483. The van der Waals surface area contributed by atoms with Crippen LogP contribution in [0.5, 0.6) is 5.75 Å². The third-order valence-corrected chi connectivity index (χ3v) is 3.55. The summed E-state index contributed by atoms with van der Waals surface area (Å²) < 4.78 is 0. The second-order valence-electron chi connectivity index (χ2n) is 5.09. The number of aryl methyl sites for hydroxylation is 1. The van der Waals surface area contributed by atoms with Gasteiger partial charge >= 0.3 is 0 Å². The number of Topliss-reactive ketones (excluding diaryl/α,β-unsaturated/α-hetero) is 1. The van der Waals surface area contributed by atoms with E-state index in [4.69, 9.17) is 0 Å². The molecule has 0 saturated heterocycles. The first-order valence-corrected chi connectivity index (χ1v) is 7.23. The zero-order chi connectivity index (χ0) is 15.2. The molecule has 0 saturated carbocycles. The second-order valence-corrected chi connectivity index (χ2v) is 5.09. The smallest absolute Gasteiger partial charge is 0.199 e. The van der Waals surface area contributed by atoms with Crippen LogP contribution in [-0.2, 0) is 6.42 Å². The number of hydrogen-bond acceptors (Lipinski definition) is 3. The lowest BCUT2D eigenvalue weighted by molar-refractivity contribution is 0.0744. The van der Waals surface area contributed by atoms with Crippen LogP contribution in [0.1, 0.15) is 47.4 Å². The number of carbonyl (C=O) groups excluding carboxylic acids is 1. The lowest BCUT2D eigenvalue weighted by atomic mass is 9.96. The molecule has 1 atom stereocenters. The summed E-state index contributed by atoms with van der Waals surface area (Å²) in [5.41, 5.74) is 1.46. The van der Waals surface area contributed by atoms with Crippen LogP contribution < -0.4 is 0 Å². The third-order valence-electron chi connectivity index (χ3n) is 3.55. The summed E-state index contributed by atoms with van der Waals surface area (Å²) in [7, 11) is 0. The first-order chi connectivity index (χ1) is 10.1. The molecule has 0 aliphatic rings. The Morgan fingerprint density at radius 1 is 1.10 bits per heavy atom. The van der Waals surface area contributed by atoms with Gasteiger partial charge in [0.1, 0.15) is 11.9 Å². The first kappa shape index (κ1) is 15.3. The van der Waals surface area contributed by atoms with E-state index in [-0.39, 0.29) is 11.3 Å². The molecule has 2 aromatic carbocycles. The summed E-state index contributed by atoms with van der Waals surface area (Å²) in [5, 5.41) is 20.4. The molecule has 0 fully saturated rings. The first-order valence-electron chi connectivity index (χ1n) is 7.23. The van der Waals surface area contributed by atoms with Gasteiger partial charge in [-0.1, -0.05) is 55.8 Å². The lowest BCUT2D eigenvalue weighted by Crippen LogP contribution is -2.13. The van der Waals surface area contributed by atoms with Gasteiger partial charge in [0, 0.05) is 0 Å². The van der Waals surface area contributed by atoms with Crippen LogP contribution in [0.2, 0.25) is 0 Å². The van der Waals surface area contributed by atoms with Crippen LogP contribution >= 0.6 is 0 Å². The van der Waals surface area contributed by atoms with Crippen molar-refractivity contribution in [1.29, 1.82) is 0 Å². The summed E-state index contributed by atoms with van der Waals surface area (Å²) in [6.07, 6.45) is 1.44. The number of para-hydroxylation sites is 1. The van der Waals surface area contributed by atoms with E-state index in [1.807, 2.05) is 12.1 Å². The number of phenolic OH excluding ortho intramolecular Hbond substituents is 1. The molecule has 0 radical (unpaired) electrons. The molecule has 0 aromatic heterocycles. The van der Waals surface area contributed by atoms with E-state index in [0.29, 0.717) is 5.56 Å².